The monoisotopic (exact) mass is 253 g/mol. The van der Waals surface area contributed by atoms with E-state index in [1.807, 2.05) is 35.7 Å². The quantitative estimate of drug-likeness (QED) is 0.712. The Hall–Kier alpha value is -2.20. The summed E-state index contributed by atoms with van der Waals surface area (Å²) in [7, 11) is 0. The van der Waals surface area contributed by atoms with E-state index in [0.717, 1.165) is 28.2 Å². The molecule has 3 rings (SSSR count). The Bertz CT molecular complexity index is 645. The van der Waals surface area contributed by atoms with Gasteiger partial charge in [0.25, 0.3) is 0 Å². The molecule has 2 heterocycles. The summed E-state index contributed by atoms with van der Waals surface area (Å²) in [6.07, 6.45) is 3.55. The number of hydrogen-bond acceptors (Lipinski definition) is 4. The first-order chi connectivity index (χ1) is 8.83. The largest absolute Gasteiger partial charge is 0.399 e. The molecule has 3 aromatic rings. The van der Waals surface area contributed by atoms with Gasteiger partial charge in [0, 0.05) is 22.2 Å². The molecule has 0 unspecified atom stereocenters. The lowest BCUT2D eigenvalue weighted by atomic mass is 10.1. The average molecular weight is 253 g/mol. The van der Waals surface area contributed by atoms with Crippen LogP contribution < -0.4 is 5.73 Å². The molecule has 2 N–H and O–H groups in total. The fourth-order valence-electron chi connectivity index (χ4n) is 1.71. The van der Waals surface area contributed by atoms with Gasteiger partial charge in [0.15, 0.2) is 0 Å². The van der Waals surface area contributed by atoms with E-state index in [1.165, 1.54) is 0 Å². The van der Waals surface area contributed by atoms with Crippen LogP contribution in [0.4, 0.5) is 5.69 Å². The van der Waals surface area contributed by atoms with Crippen LogP contribution in [0.2, 0.25) is 0 Å². The predicted octanol–water partition coefficient (Wildman–Crippen LogP) is 3.45. The normalized spacial score (nSPS) is 10.4. The number of nitrogens with two attached hydrogens (primary N) is 1. The first kappa shape index (κ1) is 10.9. The standard InChI is InChI=1S/C14H11N3S/c15-12-3-1-10(2-4-12)13-7-16-8-14(17-13)11-5-6-18-9-11/h1-9H,15H2. The van der Waals surface area contributed by atoms with Gasteiger partial charge in [0.2, 0.25) is 0 Å². The summed E-state index contributed by atoms with van der Waals surface area (Å²) in [5.74, 6) is 0. The smallest absolute Gasteiger partial charge is 0.0901 e. The van der Waals surface area contributed by atoms with Crippen molar-refractivity contribution in [3.05, 3.63) is 53.5 Å². The molecule has 0 fully saturated rings. The van der Waals surface area contributed by atoms with E-state index in [9.17, 15) is 0 Å². The Morgan fingerprint density at radius 3 is 2.28 bits per heavy atom. The highest BCUT2D eigenvalue weighted by Crippen LogP contribution is 2.23. The van der Waals surface area contributed by atoms with E-state index < -0.39 is 0 Å². The molecule has 88 valence electrons. The van der Waals surface area contributed by atoms with Crippen LogP contribution in [0.3, 0.4) is 0 Å². The van der Waals surface area contributed by atoms with Crippen LogP contribution in [0.5, 0.6) is 0 Å². The summed E-state index contributed by atoms with van der Waals surface area (Å²) in [6, 6.07) is 9.69. The second-order valence-corrected chi connectivity index (χ2v) is 4.70. The zero-order valence-corrected chi connectivity index (χ0v) is 10.4. The van der Waals surface area contributed by atoms with Crippen LogP contribution in [0, 0.1) is 0 Å². The van der Waals surface area contributed by atoms with Crippen molar-refractivity contribution in [2.75, 3.05) is 5.73 Å². The summed E-state index contributed by atoms with van der Waals surface area (Å²) in [5, 5.41) is 4.10. The Morgan fingerprint density at radius 1 is 0.889 bits per heavy atom. The third-order valence-electron chi connectivity index (χ3n) is 2.66. The number of thiophene rings is 1. The molecule has 0 aliphatic rings. The van der Waals surface area contributed by atoms with Gasteiger partial charge in [0.1, 0.15) is 0 Å². The van der Waals surface area contributed by atoms with Gasteiger partial charge in [-0.1, -0.05) is 12.1 Å². The van der Waals surface area contributed by atoms with Gasteiger partial charge in [-0.3, -0.25) is 4.98 Å². The van der Waals surface area contributed by atoms with E-state index in [0.29, 0.717) is 0 Å². The SMILES string of the molecule is Nc1ccc(-c2cncc(-c3ccsc3)n2)cc1. The number of aromatic nitrogens is 2. The number of hydrogen-bond donors (Lipinski definition) is 1. The first-order valence-corrected chi connectivity index (χ1v) is 6.48. The summed E-state index contributed by atoms with van der Waals surface area (Å²) in [6.45, 7) is 0. The van der Waals surface area contributed by atoms with E-state index in [2.05, 4.69) is 15.3 Å². The maximum absolute atomic E-state index is 5.68. The van der Waals surface area contributed by atoms with Crippen molar-refractivity contribution < 1.29 is 0 Å². The third-order valence-corrected chi connectivity index (χ3v) is 3.34. The molecule has 2 aromatic heterocycles. The minimum absolute atomic E-state index is 0.751. The fourth-order valence-corrected chi connectivity index (χ4v) is 2.36. The van der Waals surface area contributed by atoms with Crippen molar-refractivity contribution in [1.82, 2.24) is 9.97 Å². The van der Waals surface area contributed by atoms with Gasteiger partial charge in [-0.05, 0) is 23.6 Å². The number of nitrogens with zero attached hydrogens (tertiary/aromatic N) is 2. The highest BCUT2D eigenvalue weighted by atomic mass is 32.1. The fraction of sp³-hybridized carbons (Fsp3) is 0. The number of benzene rings is 1. The van der Waals surface area contributed by atoms with Crippen molar-refractivity contribution in [3.8, 4) is 22.5 Å². The van der Waals surface area contributed by atoms with Crippen molar-refractivity contribution >= 4 is 17.0 Å². The molecular formula is C14H11N3S. The van der Waals surface area contributed by atoms with Crippen LogP contribution in [0.1, 0.15) is 0 Å². The summed E-state index contributed by atoms with van der Waals surface area (Å²) in [5.41, 5.74) is 10.3. The first-order valence-electron chi connectivity index (χ1n) is 5.53. The molecule has 0 bridgehead atoms. The van der Waals surface area contributed by atoms with Crippen LogP contribution in [0.25, 0.3) is 22.5 Å². The van der Waals surface area contributed by atoms with Crippen molar-refractivity contribution in [3.63, 3.8) is 0 Å². The van der Waals surface area contributed by atoms with Crippen molar-refractivity contribution in [2.45, 2.75) is 0 Å². The maximum atomic E-state index is 5.68. The van der Waals surface area contributed by atoms with Gasteiger partial charge in [-0.25, -0.2) is 4.98 Å². The van der Waals surface area contributed by atoms with E-state index in [1.54, 1.807) is 23.7 Å². The summed E-state index contributed by atoms with van der Waals surface area (Å²) >= 11 is 1.65. The van der Waals surface area contributed by atoms with Crippen LogP contribution in [-0.2, 0) is 0 Å². The second kappa shape index (κ2) is 4.58. The summed E-state index contributed by atoms with van der Waals surface area (Å²) in [4.78, 5) is 8.87. The zero-order valence-electron chi connectivity index (χ0n) is 9.58. The molecule has 0 amide bonds. The minimum atomic E-state index is 0.751. The molecule has 0 saturated heterocycles. The molecule has 1 aromatic carbocycles. The van der Waals surface area contributed by atoms with Crippen LogP contribution in [0.15, 0.2) is 53.5 Å². The summed E-state index contributed by atoms with van der Waals surface area (Å²) < 4.78 is 0. The van der Waals surface area contributed by atoms with Crippen molar-refractivity contribution in [2.24, 2.45) is 0 Å². The molecule has 0 saturated carbocycles. The van der Waals surface area contributed by atoms with Gasteiger partial charge in [-0.2, -0.15) is 11.3 Å². The Labute approximate surface area is 109 Å². The molecule has 0 atom stereocenters. The van der Waals surface area contributed by atoms with Gasteiger partial charge in [-0.15, -0.1) is 0 Å². The van der Waals surface area contributed by atoms with Gasteiger partial charge >= 0.3 is 0 Å². The molecule has 0 aliphatic carbocycles. The minimum Gasteiger partial charge on any atom is -0.399 e. The van der Waals surface area contributed by atoms with Crippen molar-refractivity contribution in [1.29, 1.82) is 0 Å². The number of nitrogen functional groups attached to an aromatic ring is 1. The molecular weight excluding hydrogens is 242 g/mol. The van der Waals surface area contributed by atoms with Crippen LogP contribution >= 0.6 is 11.3 Å². The highest BCUT2D eigenvalue weighted by molar-refractivity contribution is 7.08. The number of rotatable bonds is 2. The lowest BCUT2D eigenvalue weighted by Gasteiger charge is -2.03. The highest BCUT2D eigenvalue weighted by Gasteiger charge is 2.04. The molecule has 0 aliphatic heterocycles. The maximum Gasteiger partial charge on any atom is 0.0901 e. The Morgan fingerprint density at radius 2 is 1.61 bits per heavy atom. The molecule has 4 heteroatoms. The van der Waals surface area contributed by atoms with Gasteiger partial charge in [0.05, 0.1) is 23.8 Å². The molecule has 3 nitrogen and oxygen atoms in total. The average Bonchev–Trinajstić information content (AvgIpc) is 2.94. The van der Waals surface area contributed by atoms with Crippen LogP contribution in [-0.4, -0.2) is 9.97 Å². The predicted molar refractivity (Wildman–Crippen MR) is 75.2 cm³/mol. The van der Waals surface area contributed by atoms with E-state index in [-0.39, 0.29) is 0 Å². The van der Waals surface area contributed by atoms with E-state index in [4.69, 9.17) is 5.73 Å². The third kappa shape index (κ3) is 2.10. The second-order valence-electron chi connectivity index (χ2n) is 3.92. The Kier molecular flexibility index (Phi) is 2.78. The van der Waals surface area contributed by atoms with E-state index >= 15 is 0 Å². The Balaban J connectivity index is 2.03. The number of anilines is 1. The molecule has 0 radical (unpaired) electrons. The molecule has 0 spiro atoms. The lowest BCUT2D eigenvalue weighted by Crippen LogP contribution is -1.90. The lowest BCUT2D eigenvalue weighted by molar-refractivity contribution is 1.21. The zero-order chi connectivity index (χ0) is 12.4. The topological polar surface area (TPSA) is 51.8 Å². The molecule has 18 heavy (non-hydrogen) atoms. The van der Waals surface area contributed by atoms with Gasteiger partial charge < -0.3 is 5.73 Å².